The zero-order chi connectivity index (χ0) is 11.3. The fourth-order valence-electron chi connectivity index (χ4n) is 1.88. The first-order valence-corrected chi connectivity index (χ1v) is 5.41. The van der Waals surface area contributed by atoms with Crippen molar-refractivity contribution in [2.45, 2.75) is 32.6 Å². The largest absolute Gasteiger partial charge is 0.465 e. The molecule has 82 valence electrons. The first-order chi connectivity index (χ1) is 7.24. The van der Waals surface area contributed by atoms with Gasteiger partial charge in [-0.1, -0.05) is 32.0 Å². The van der Waals surface area contributed by atoms with E-state index in [1.54, 1.807) is 0 Å². The zero-order valence-electron chi connectivity index (χ0n) is 9.62. The minimum absolute atomic E-state index is 0.238. The molecule has 0 atom stereocenters. The maximum Gasteiger partial charge on any atom is 0.338 e. The highest BCUT2D eigenvalue weighted by Gasteiger charge is 2.16. The number of methoxy groups -OCH3 is 1. The average Bonchev–Trinajstić information content (AvgIpc) is 2.30. The van der Waals surface area contributed by atoms with Gasteiger partial charge in [0.1, 0.15) is 0 Å². The van der Waals surface area contributed by atoms with E-state index in [2.05, 4.69) is 13.8 Å². The molecule has 2 heteroatoms. The Balaban J connectivity index is 3.10. The van der Waals surface area contributed by atoms with E-state index in [-0.39, 0.29) is 5.97 Å². The average molecular weight is 206 g/mol. The Morgan fingerprint density at radius 3 is 2.40 bits per heavy atom. The third-order valence-corrected chi connectivity index (χ3v) is 2.79. The monoisotopic (exact) mass is 206 g/mol. The lowest BCUT2D eigenvalue weighted by Crippen LogP contribution is -2.08. The molecule has 0 saturated heterocycles. The first kappa shape index (κ1) is 11.8. The number of carbonyl (C=O) groups is 1. The molecule has 0 fully saturated rings. The Bertz CT molecular complexity index is 327. The molecule has 1 aromatic carbocycles. The van der Waals surface area contributed by atoms with Crippen LogP contribution in [0, 0.1) is 0 Å². The lowest BCUT2D eigenvalue weighted by Gasteiger charge is -2.15. The summed E-state index contributed by atoms with van der Waals surface area (Å²) in [4.78, 5) is 11.5. The highest BCUT2D eigenvalue weighted by atomic mass is 16.5. The molecule has 2 nitrogen and oxygen atoms in total. The van der Waals surface area contributed by atoms with Crippen molar-refractivity contribution in [1.82, 2.24) is 0 Å². The Morgan fingerprint density at radius 2 is 1.87 bits per heavy atom. The van der Waals surface area contributed by atoms with Crippen LogP contribution in [0.1, 0.15) is 48.5 Å². The Morgan fingerprint density at radius 1 is 1.27 bits per heavy atom. The first-order valence-electron chi connectivity index (χ1n) is 5.41. The second-order valence-electron chi connectivity index (χ2n) is 3.59. The number of hydrogen-bond donors (Lipinski definition) is 0. The van der Waals surface area contributed by atoms with Crippen molar-refractivity contribution in [3.05, 3.63) is 35.4 Å². The van der Waals surface area contributed by atoms with Gasteiger partial charge in [0.05, 0.1) is 12.7 Å². The van der Waals surface area contributed by atoms with Crippen LogP contribution in [-0.2, 0) is 4.74 Å². The molecule has 0 N–H and O–H groups in total. The van der Waals surface area contributed by atoms with Crippen LogP contribution in [0.5, 0.6) is 0 Å². The maximum absolute atomic E-state index is 11.5. The van der Waals surface area contributed by atoms with Crippen LogP contribution < -0.4 is 0 Å². The molecule has 1 rings (SSSR count). The second-order valence-corrected chi connectivity index (χ2v) is 3.59. The molecular formula is C13H18O2. The van der Waals surface area contributed by atoms with Crippen LogP contribution in [0.2, 0.25) is 0 Å². The van der Waals surface area contributed by atoms with E-state index in [0.717, 1.165) is 18.4 Å². The highest BCUT2D eigenvalue weighted by Crippen LogP contribution is 2.26. The van der Waals surface area contributed by atoms with E-state index >= 15 is 0 Å². The molecule has 0 unspecified atom stereocenters. The summed E-state index contributed by atoms with van der Waals surface area (Å²) in [6.07, 6.45) is 2.09. The highest BCUT2D eigenvalue weighted by molar-refractivity contribution is 5.91. The molecule has 0 heterocycles. The van der Waals surface area contributed by atoms with Crippen molar-refractivity contribution in [1.29, 1.82) is 0 Å². The van der Waals surface area contributed by atoms with Crippen LogP contribution in [0.15, 0.2) is 24.3 Å². The van der Waals surface area contributed by atoms with Gasteiger partial charge in [-0.25, -0.2) is 4.79 Å². The molecule has 0 amide bonds. The molecule has 1 aromatic rings. The van der Waals surface area contributed by atoms with Gasteiger partial charge < -0.3 is 4.74 Å². The molecule has 0 saturated carbocycles. The molecule has 0 aliphatic heterocycles. The summed E-state index contributed by atoms with van der Waals surface area (Å²) < 4.78 is 4.78. The van der Waals surface area contributed by atoms with Crippen LogP contribution in [0.3, 0.4) is 0 Å². The van der Waals surface area contributed by atoms with Gasteiger partial charge in [0.2, 0.25) is 0 Å². The number of ether oxygens (including phenoxy) is 1. The summed E-state index contributed by atoms with van der Waals surface area (Å²) >= 11 is 0. The quantitative estimate of drug-likeness (QED) is 0.706. The third kappa shape index (κ3) is 2.58. The standard InChI is InChI=1S/C13H18O2/c1-4-10(5-2)11-8-6-7-9-12(11)13(14)15-3/h6-10H,4-5H2,1-3H3. The summed E-state index contributed by atoms with van der Waals surface area (Å²) in [5.74, 6) is 0.206. The fourth-order valence-corrected chi connectivity index (χ4v) is 1.88. The Labute approximate surface area is 91.3 Å². The Hall–Kier alpha value is -1.31. The topological polar surface area (TPSA) is 26.3 Å². The van der Waals surface area contributed by atoms with E-state index in [1.807, 2.05) is 24.3 Å². The third-order valence-electron chi connectivity index (χ3n) is 2.79. The minimum Gasteiger partial charge on any atom is -0.465 e. The summed E-state index contributed by atoms with van der Waals surface area (Å²) in [6.45, 7) is 4.28. The van der Waals surface area contributed by atoms with Crippen LogP contribution >= 0.6 is 0 Å². The van der Waals surface area contributed by atoms with E-state index < -0.39 is 0 Å². The van der Waals surface area contributed by atoms with E-state index in [0.29, 0.717) is 11.5 Å². The second kappa shape index (κ2) is 5.54. The zero-order valence-corrected chi connectivity index (χ0v) is 9.62. The van der Waals surface area contributed by atoms with Gasteiger partial charge in [0.15, 0.2) is 0 Å². The van der Waals surface area contributed by atoms with Crippen LogP contribution in [-0.4, -0.2) is 13.1 Å². The number of rotatable bonds is 4. The van der Waals surface area contributed by atoms with Crippen molar-refractivity contribution in [2.75, 3.05) is 7.11 Å². The lowest BCUT2D eigenvalue weighted by atomic mass is 9.90. The van der Waals surface area contributed by atoms with Gasteiger partial charge in [-0.2, -0.15) is 0 Å². The van der Waals surface area contributed by atoms with Crippen molar-refractivity contribution >= 4 is 5.97 Å². The van der Waals surface area contributed by atoms with Gasteiger partial charge in [-0.15, -0.1) is 0 Å². The number of carbonyl (C=O) groups excluding carboxylic acids is 1. The molecule has 0 bridgehead atoms. The molecule has 15 heavy (non-hydrogen) atoms. The molecular weight excluding hydrogens is 188 g/mol. The predicted molar refractivity (Wildman–Crippen MR) is 61.1 cm³/mol. The minimum atomic E-state index is -0.238. The van der Waals surface area contributed by atoms with Crippen molar-refractivity contribution in [3.63, 3.8) is 0 Å². The van der Waals surface area contributed by atoms with Crippen molar-refractivity contribution in [3.8, 4) is 0 Å². The van der Waals surface area contributed by atoms with Gasteiger partial charge in [0.25, 0.3) is 0 Å². The molecule has 0 aliphatic carbocycles. The number of benzene rings is 1. The molecule has 0 aromatic heterocycles. The lowest BCUT2D eigenvalue weighted by molar-refractivity contribution is 0.0599. The van der Waals surface area contributed by atoms with E-state index in [1.165, 1.54) is 7.11 Å². The van der Waals surface area contributed by atoms with Gasteiger partial charge >= 0.3 is 5.97 Å². The normalized spacial score (nSPS) is 10.4. The predicted octanol–water partition coefficient (Wildman–Crippen LogP) is 3.38. The molecule has 0 radical (unpaired) electrons. The van der Waals surface area contributed by atoms with Gasteiger partial charge in [-0.05, 0) is 30.4 Å². The summed E-state index contributed by atoms with van der Waals surface area (Å²) in [5.41, 5.74) is 1.81. The van der Waals surface area contributed by atoms with E-state index in [9.17, 15) is 4.79 Å². The summed E-state index contributed by atoms with van der Waals surface area (Å²) in [6, 6.07) is 7.70. The van der Waals surface area contributed by atoms with Gasteiger partial charge in [-0.3, -0.25) is 0 Å². The summed E-state index contributed by atoms with van der Waals surface area (Å²) in [5, 5.41) is 0. The molecule has 0 aliphatic rings. The maximum atomic E-state index is 11.5. The van der Waals surface area contributed by atoms with Gasteiger partial charge in [0, 0.05) is 0 Å². The number of hydrogen-bond acceptors (Lipinski definition) is 2. The summed E-state index contributed by atoms with van der Waals surface area (Å²) in [7, 11) is 1.42. The Kier molecular flexibility index (Phi) is 4.35. The van der Waals surface area contributed by atoms with E-state index in [4.69, 9.17) is 4.74 Å². The smallest absolute Gasteiger partial charge is 0.338 e. The SMILES string of the molecule is CCC(CC)c1ccccc1C(=O)OC. The van der Waals surface area contributed by atoms with Crippen molar-refractivity contribution in [2.24, 2.45) is 0 Å². The number of esters is 1. The van der Waals surface area contributed by atoms with Crippen LogP contribution in [0.4, 0.5) is 0 Å². The molecule has 0 spiro atoms. The van der Waals surface area contributed by atoms with Crippen LogP contribution in [0.25, 0.3) is 0 Å². The fraction of sp³-hybridized carbons (Fsp3) is 0.462. The van der Waals surface area contributed by atoms with Crippen molar-refractivity contribution < 1.29 is 9.53 Å².